The Bertz CT molecular complexity index is 560. The number of hydrogen-bond donors (Lipinski definition) is 1. The van der Waals surface area contributed by atoms with Crippen LogP contribution < -0.4 is 0 Å². The number of nitrogens with zero attached hydrogens (tertiary/aromatic N) is 1. The zero-order chi connectivity index (χ0) is 10.9. The first-order valence-electron chi connectivity index (χ1n) is 4.06. The predicted molar refractivity (Wildman–Crippen MR) is 51.8 cm³/mol. The summed E-state index contributed by atoms with van der Waals surface area (Å²) in [4.78, 5) is -0.164. The van der Waals surface area contributed by atoms with Gasteiger partial charge in [0.25, 0.3) is 10.1 Å². The molecule has 0 amide bonds. The van der Waals surface area contributed by atoms with Crippen molar-refractivity contribution in [2.45, 2.75) is 4.90 Å². The minimum atomic E-state index is -4.17. The first kappa shape index (κ1) is 9.88. The Morgan fingerprint density at radius 3 is 2.67 bits per heavy atom. The largest absolute Gasteiger partial charge is 0.364 e. The molecule has 5 nitrogen and oxygen atoms in total. The van der Waals surface area contributed by atoms with Crippen molar-refractivity contribution in [3.05, 3.63) is 36.6 Å². The highest BCUT2D eigenvalue weighted by atomic mass is 32.2. The van der Waals surface area contributed by atoms with Crippen molar-refractivity contribution in [1.29, 1.82) is 0 Å². The van der Waals surface area contributed by atoms with Crippen LogP contribution in [-0.4, -0.2) is 18.1 Å². The molecule has 0 saturated heterocycles. The van der Waals surface area contributed by atoms with Gasteiger partial charge in [0.15, 0.2) is 0 Å². The van der Waals surface area contributed by atoms with Gasteiger partial charge >= 0.3 is 0 Å². The average Bonchev–Trinajstić information content (AvgIpc) is 2.69. The quantitative estimate of drug-likeness (QED) is 0.785. The molecule has 1 aromatic carbocycles. The van der Waals surface area contributed by atoms with Crippen LogP contribution in [0.1, 0.15) is 0 Å². The van der Waals surface area contributed by atoms with Crippen molar-refractivity contribution in [3.63, 3.8) is 0 Å². The molecule has 0 spiro atoms. The van der Waals surface area contributed by atoms with Crippen molar-refractivity contribution in [2.75, 3.05) is 0 Å². The van der Waals surface area contributed by atoms with Crippen LogP contribution in [0.2, 0.25) is 0 Å². The van der Waals surface area contributed by atoms with Crippen molar-refractivity contribution in [2.24, 2.45) is 0 Å². The van der Waals surface area contributed by atoms with E-state index in [2.05, 4.69) is 9.68 Å². The molecule has 0 radical (unpaired) electrons. The summed E-state index contributed by atoms with van der Waals surface area (Å²) in [6.45, 7) is 0. The third kappa shape index (κ3) is 2.05. The molecule has 1 aromatic heterocycles. The molecular formula is C9H7NO4S. The fourth-order valence-electron chi connectivity index (χ4n) is 1.18. The zero-order valence-corrected chi connectivity index (χ0v) is 8.31. The second kappa shape index (κ2) is 3.48. The van der Waals surface area contributed by atoms with Crippen molar-refractivity contribution < 1.29 is 17.5 Å². The van der Waals surface area contributed by atoms with E-state index in [0.29, 0.717) is 11.3 Å². The summed E-state index contributed by atoms with van der Waals surface area (Å²) in [6, 6.07) is 7.43. The van der Waals surface area contributed by atoms with E-state index in [1.807, 2.05) is 0 Å². The van der Waals surface area contributed by atoms with Gasteiger partial charge in [-0.3, -0.25) is 4.55 Å². The third-order valence-corrected chi connectivity index (χ3v) is 2.72. The summed E-state index contributed by atoms with van der Waals surface area (Å²) in [5.74, 6) is 0. The van der Waals surface area contributed by atoms with Gasteiger partial charge in [-0.05, 0) is 12.1 Å². The minimum Gasteiger partial charge on any atom is -0.364 e. The monoisotopic (exact) mass is 225 g/mol. The lowest BCUT2D eigenvalue weighted by molar-refractivity contribution is 0.422. The normalized spacial score (nSPS) is 11.5. The standard InChI is InChI=1S/C9H7NO4S/c11-15(12,13)8-3-1-2-7(6-8)9-4-5-14-10-9/h1-6H,(H,11,12,13). The van der Waals surface area contributed by atoms with Crippen LogP contribution in [0.4, 0.5) is 0 Å². The van der Waals surface area contributed by atoms with E-state index >= 15 is 0 Å². The highest BCUT2D eigenvalue weighted by Gasteiger charge is 2.10. The van der Waals surface area contributed by atoms with Gasteiger partial charge in [0.05, 0.1) is 4.90 Å². The van der Waals surface area contributed by atoms with E-state index in [-0.39, 0.29) is 4.90 Å². The molecule has 1 N–H and O–H groups in total. The van der Waals surface area contributed by atoms with E-state index in [0.717, 1.165) is 0 Å². The van der Waals surface area contributed by atoms with Gasteiger partial charge < -0.3 is 4.52 Å². The van der Waals surface area contributed by atoms with Gasteiger partial charge in [0.2, 0.25) is 0 Å². The molecule has 0 unspecified atom stereocenters. The van der Waals surface area contributed by atoms with Crippen LogP contribution in [0.15, 0.2) is 46.0 Å². The van der Waals surface area contributed by atoms with Gasteiger partial charge in [-0.15, -0.1) is 0 Å². The molecule has 0 aliphatic carbocycles. The van der Waals surface area contributed by atoms with E-state index < -0.39 is 10.1 Å². The van der Waals surface area contributed by atoms with Gasteiger partial charge in [0.1, 0.15) is 12.0 Å². The molecular weight excluding hydrogens is 218 g/mol. The van der Waals surface area contributed by atoms with Gasteiger partial charge in [-0.1, -0.05) is 17.3 Å². The highest BCUT2D eigenvalue weighted by molar-refractivity contribution is 7.85. The smallest absolute Gasteiger partial charge is 0.294 e. The van der Waals surface area contributed by atoms with Crippen molar-refractivity contribution in [1.82, 2.24) is 5.16 Å². The van der Waals surface area contributed by atoms with E-state index in [9.17, 15) is 8.42 Å². The van der Waals surface area contributed by atoms with E-state index in [4.69, 9.17) is 4.55 Å². The molecule has 15 heavy (non-hydrogen) atoms. The molecule has 0 atom stereocenters. The summed E-state index contributed by atoms with van der Waals surface area (Å²) < 4.78 is 35.2. The summed E-state index contributed by atoms with van der Waals surface area (Å²) >= 11 is 0. The molecule has 0 bridgehead atoms. The van der Waals surface area contributed by atoms with Gasteiger partial charge in [0, 0.05) is 11.6 Å². The average molecular weight is 225 g/mol. The van der Waals surface area contributed by atoms with Crippen LogP contribution in [0.25, 0.3) is 11.3 Å². The van der Waals surface area contributed by atoms with Crippen LogP contribution in [-0.2, 0) is 10.1 Å². The lowest BCUT2D eigenvalue weighted by Gasteiger charge is -1.99. The Labute approximate surface area is 86.1 Å². The molecule has 1 heterocycles. The summed E-state index contributed by atoms with van der Waals surface area (Å²) in [7, 11) is -4.17. The second-order valence-corrected chi connectivity index (χ2v) is 4.31. The molecule has 2 rings (SSSR count). The predicted octanol–water partition coefficient (Wildman–Crippen LogP) is 1.59. The SMILES string of the molecule is O=S(=O)(O)c1cccc(-c2ccon2)c1. The molecule has 78 valence electrons. The summed E-state index contributed by atoms with van der Waals surface area (Å²) in [5, 5.41) is 3.66. The maximum absolute atomic E-state index is 10.9. The molecule has 0 fully saturated rings. The first-order valence-corrected chi connectivity index (χ1v) is 5.50. The zero-order valence-electron chi connectivity index (χ0n) is 7.49. The second-order valence-electron chi connectivity index (χ2n) is 2.89. The fraction of sp³-hybridized carbons (Fsp3) is 0. The molecule has 0 saturated carbocycles. The van der Waals surface area contributed by atoms with Crippen molar-refractivity contribution >= 4 is 10.1 Å². The maximum Gasteiger partial charge on any atom is 0.294 e. The summed E-state index contributed by atoms with van der Waals surface area (Å²) in [5.41, 5.74) is 1.08. The topological polar surface area (TPSA) is 80.4 Å². The molecule has 0 aliphatic heterocycles. The number of hydrogen-bond acceptors (Lipinski definition) is 4. The van der Waals surface area contributed by atoms with Crippen LogP contribution in [0.5, 0.6) is 0 Å². The number of aromatic nitrogens is 1. The Morgan fingerprint density at radius 2 is 2.07 bits per heavy atom. The molecule has 0 aliphatic rings. The first-order chi connectivity index (χ1) is 7.07. The minimum absolute atomic E-state index is 0.164. The lowest BCUT2D eigenvalue weighted by atomic mass is 10.2. The molecule has 2 aromatic rings. The fourth-order valence-corrected chi connectivity index (χ4v) is 1.70. The Balaban J connectivity index is 2.53. The highest BCUT2D eigenvalue weighted by Crippen LogP contribution is 2.20. The third-order valence-electron chi connectivity index (χ3n) is 1.87. The van der Waals surface area contributed by atoms with Crippen LogP contribution >= 0.6 is 0 Å². The van der Waals surface area contributed by atoms with Gasteiger partial charge in [-0.2, -0.15) is 8.42 Å². The van der Waals surface area contributed by atoms with Gasteiger partial charge in [-0.25, -0.2) is 0 Å². The number of benzene rings is 1. The summed E-state index contributed by atoms with van der Waals surface area (Å²) in [6.07, 6.45) is 1.38. The van der Waals surface area contributed by atoms with E-state index in [1.165, 1.54) is 24.5 Å². The Kier molecular flexibility index (Phi) is 2.29. The van der Waals surface area contributed by atoms with E-state index in [1.54, 1.807) is 12.1 Å². The lowest BCUT2D eigenvalue weighted by Crippen LogP contribution is -1.97. The number of rotatable bonds is 2. The Morgan fingerprint density at radius 1 is 1.27 bits per heavy atom. The maximum atomic E-state index is 10.9. The van der Waals surface area contributed by atoms with Crippen molar-refractivity contribution in [3.8, 4) is 11.3 Å². The van der Waals surface area contributed by atoms with Crippen LogP contribution in [0.3, 0.4) is 0 Å². The molecule has 6 heteroatoms. The Hall–Kier alpha value is -1.66. The van der Waals surface area contributed by atoms with Crippen LogP contribution in [0, 0.1) is 0 Å².